The monoisotopic (exact) mass is 449 g/mol. The number of nitrogens with one attached hydrogen (secondary N) is 1. The van der Waals surface area contributed by atoms with Crippen LogP contribution in [0.2, 0.25) is 0 Å². The second-order valence-electron chi connectivity index (χ2n) is 7.55. The fourth-order valence-corrected chi connectivity index (χ4v) is 3.50. The summed E-state index contributed by atoms with van der Waals surface area (Å²) in [5.41, 5.74) is 0.975. The molecular formula is C23H26F3N3O3. The number of carbonyl (C=O) groups excluding carboxylic acids is 2. The summed E-state index contributed by atoms with van der Waals surface area (Å²) in [5.74, 6) is -1.30. The number of hydrogen-bond donors (Lipinski definition) is 1. The molecule has 0 unspecified atom stereocenters. The van der Waals surface area contributed by atoms with E-state index in [0.29, 0.717) is 5.69 Å². The van der Waals surface area contributed by atoms with E-state index in [-0.39, 0.29) is 12.0 Å². The molecule has 1 saturated heterocycles. The van der Waals surface area contributed by atoms with Gasteiger partial charge >= 0.3 is 12.1 Å². The van der Waals surface area contributed by atoms with Crippen LogP contribution in [0.1, 0.15) is 18.1 Å². The zero-order valence-corrected chi connectivity index (χ0v) is 17.8. The van der Waals surface area contributed by atoms with Gasteiger partial charge in [0.15, 0.2) is 6.61 Å². The predicted molar refractivity (Wildman–Crippen MR) is 116 cm³/mol. The van der Waals surface area contributed by atoms with Crippen molar-refractivity contribution < 1.29 is 27.5 Å². The van der Waals surface area contributed by atoms with Gasteiger partial charge in [0.1, 0.15) is 0 Å². The van der Waals surface area contributed by atoms with Crippen molar-refractivity contribution in [1.29, 1.82) is 0 Å². The van der Waals surface area contributed by atoms with Crippen molar-refractivity contribution in [2.75, 3.05) is 49.5 Å². The summed E-state index contributed by atoms with van der Waals surface area (Å²) in [7, 11) is 0. The van der Waals surface area contributed by atoms with Gasteiger partial charge in [0.25, 0.3) is 5.91 Å². The van der Waals surface area contributed by atoms with Crippen LogP contribution in [0.25, 0.3) is 0 Å². The van der Waals surface area contributed by atoms with Crippen molar-refractivity contribution in [3.05, 3.63) is 59.7 Å². The van der Waals surface area contributed by atoms with E-state index in [1.165, 1.54) is 12.1 Å². The maximum atomic E-state index is 12.8. The summed E-state index contributed by atoms with van der Waals surface area (Å²) in [4.78, 5) is 28.6. The third-order valence-corrected chi connectivity index (χ3v) is 5.30. The average molecular weight is 449 g/mol. The fourth-order valence-electron chi connectivity index (χ4n) is 3.50. The third-order valence-electron chi connectivity index (χ3n) is 5.30. The van der Waals surface area contributed by atoms with Gasteiger partial charge in [-0.2, -0.15) is 13.2 Å². The summed E-state index contributed by atoms with van der Waals surface area (Å²) in [6.45, 7) is 6.60. The molecule has 3 rings (SSSR count). The van der Waals surface area contributed by atoms with Gasteiger partial charge in [0.2, 0.25) is 0 Å². The molecule has 1 amide bonds. The van der Waals surface area contributed by atoms with Crippen LogP contribution in [0.4, 0.5) is 24.5 Å². The standard InChI is InChI=1S/C23H26F3N3O3/c1-2-28-10-12-29(13-11-28)20-8-6-19(7-9-20)27-21(30)16-32-22(31)15-17-4-3-5-18(14-17)23(24,25)26/h3-9,14H,2,10-13,15-16H2,1H3,(H,27,30). The van der Waals surface area contributed by atoms with Crippen molar-refractivity contribution in [2.24, 2.45) is 0 Å². The number of carbonyl (C=O) groups is 2. The van der Waals surface area contributed by atoms with Gasteiger partial charge in [-0.1, -0.05) is 25.1 Å². The number of piperazine rings is 1. The number of anilines is 2. The molecule has 0 bridgehead atoms. The lowest BCUT2D eigenvalue weighted by Crippen LogP contribution is -2.46. The van der Waals surface area contributed by atoms with Crippen molar-refractivity contribution >= 4 is 23.3 Å². The Kier molecular flexibility index (Phi) is 7.74. The molecule has 0 spiro atoms. The van der Waals surface area contributed by atoms with E-state index in [1.807, 2.05) is 12.1 Å². The maximum absolute atomic E-state index is 12.8. The second-order valence-corrected chi connectivity index (χ2v) is 7.55. The number of amides is 1. The first-order valence-electron chi connectivity index (χ1n) is 10.4. The van der Waals surface area contributed by atoms with E-state index in [0.717, 1.165) is 50.5 Å². The molecule has 1 heterocycles. The first-order chi connectivity index (χ1) is 15.2. The van der Waals surface area contributed by atoms with E-state index in [2.05, 4.69) is 22.0 Å². The molecule has 32 heavy (non-hydrogen) atoms. The van der Waals surface area contributed by atoms with Gasteiger partial charge in [-0.25, -0.2) is 0 Å². The van der Waals surface area contributed by atoms with Gasteiger partial charge < -0.3 is 19.9 Å². The predicted octanol–water partition coefficient (Wildman–Crippen LogP) is 3.57. The first kappa shape index (κ1) is 23.6. The molecule has 9 heteroatoms. The molecule has 2 aromatic carbocycles. The lowest BCUT2D eigenvalue weighted by Gasteiger charge is -2.35. The summed E-state index contributed by atoms with van der Waals surface area (Å²) >= 11 is 0. The van der Waals surface area contributed by atoms with Crippen LogP contribution >= 0.6 is 0 Å². The van der Waals surface area contributed by atoms with Crippen LogP contribution in [0, 0.1) is 0 Å². The smallest absolute Gasteiger partial charge is 0.416 e. The van der Waals surface area contributed by atoms with E-state index in [9.17, 15) is 22.8 Å². The number of nitrogens with zero attached hydrogens (tertiary/aromatic N) is 2. The zero-order valence-electron chi connectivity index (χ0n) is 17.8. The van der Waals surface area contributed by atoms with E-state index in [4.69, 9.17) is 4.74 Å². The number of ether oxygens (including phenoxy) is 1. The summed E-state index contributed by atoms with van der Waals surface area (Å²) in [6, 6.07) is 11.9. The average Bonchev–Trinajstić information content (AvgIpc) is 2.78. The van der Waals surface area contributed by atoms with Crippen LogP contribution in [-0.4, -0.2) is 56.1 Å². The minimum Gasteiger partial charge on any atom is -0.455 e. The quantitative estimate of drug-likeness (QED) is 0.655. The Morgan fingerprint density at radius 2 is 1.72 bits per heavy atom. The Morgan fingerprint density at radius 1 is 1.03 bits per heavy atom. The number of hydrogen-bond acceptors (Lipinski definition) is 5. The molecule has 0 radical (unpaired) electrons. The van der Waals surface area contributed by atoms with Crippen molar-refractivity contribution in [3.8, 4) is 0 Å². The summed E-state index contributed by atoms with van der Waals surface area (Å²) in [6.07, 6.45) is -4.84. The highest BCUT2D eigenvalue weighted by atomic mass is 19.4. The topological polar surface area (TPSA) is 61.9 Å². The molecular weight excluding hydrogens is 423 g/mol. The number of rotatable bonds is 7. The Balaban J connectivity index is 1.44. The second kappa shape index (κ2) is 10.5. The minimum absolute atomic E-state index is 0.167. The Bertz CT molecular complexity index is 924. The number of likely N-dealkylation sites (N-methyl/N-ethyl adjacent to an activating group) is 1. The first-order valence-corrected chi connectivity index (χ1v) is 10.4. The van der Waals surface area contributed by atoms with Crippen LogP contribution < -0.4 is 10.2 Å². The van der Waals surface area contributed by atoms with E-state index >= 15 is 0 Å². The van der Waals surface area contributed by atoms with E-state index < -0.39 is 30.2 Å². The minimum atomic E-state index is -4.49. The highest BCUT2D eigenvalue weighted by Crippen LogP contribution is 2.29. The molecule has 0 aromatic heterocycles. The Labute approximate surface area is 184 Å². The van der Waals surface area contributed by atoms with Crippen LogP contribution in [-0.2, 0) is 26.9 Å². The molecule has 172 valence electrons. The third kappa shape index (κ3) is 6.71. The summed E-state index contributed by atoms with van der Waals surface area (Å²) < 4.78 is 43.2. The van der Waals surface area contributed by atoms with Crippen molar-refractivity contribution in [3.63, 3.8) is 0 Å². The molecule has 1 aliphatic rings. The van der Waals surface area contributed by atoms with Crippen molar-refractivity contribution in [2.45, 2.75) is 19.5 Å². The molecule has 2 aromatic rings. The highest BCUT2D eigenvalue weighted by molar-refractivity contribution is 5.93. The van der Waals surface area contributed by atoms with Gasteiger partial charge in [0.05, 0.1) is 12.0 Å². The number of halogens is 3. The molecule has 1 N–H and O–H groups in total. The van der Waals surface area contributed by atoms with Gasteiger partial charge in [-0.15, -0.1) is 0 Å². The summed E-state index contributed by atoms with van der Waals surface area (Å²) in [5, 5.41) is 2.64. The fraction of sp³-hybridized carbons (Fsp3) is 0.391. The number of alkyl halides is 3. The van der Waals surface area contributed by atoms with Gasteiger partial charge in [-0.3, -0.25) is 9.59 Å². The largest absolute Gasteiger partial charge is 0.455 e. The Morgan fingerprint density at radius 3 is 2.34 bits per heavy atom. The lowest BCUT2D eigenvalue weighted by molar-refractivity contribution is -0.146. The Hall–Kier alpha value is -3.07. The number of benzene rings is 2. The molecule has 1 fully saturated rings. The maximum Gasteiger partial charge on any atom is 0.416 e. The van der Waals surface area contributed by atoms with Crippen LogP contribution in [0.15, 0.2) is 48.5 Å². The number of esters is 1. The highest BCUT2D eigenvalue weighted by Gasteiger charge is 2.30. The van der Waals surface area contributed by atoms with Crippen molar-refractivity contribution in [1.82, 2.24) is 4.90 Å². The van der Waals surface area contributed by atoms with Crippen LogP contribution in [0.3, 0.4) is 0 Å². The molecule has 6 nitrogen and oxygen atoms in total. The molecule has 0 atom stereocenters. The van der Waals surface area contributed by atoms with E-state index in [1.54, 1.807) is 12.1 Å². The molecule has 1 aliphatic heterocycles. The molecule has 0 aliphatic carbocycles. The zero-order chi connectivity index (χ0) is 23.1. The normalized spacial score (nSPS) is 14.8. The lowest BCUT2D eigenvalue weighted by atomic mass is 10.1. The van der Waals surface area contributed by atoms with Crippen LogP contribution in [0.5, 0.6) is 0 Å². The van der Waals surface area contributed by atoms with Gasteiger partial charge in [0, 0.05) is 37.6 Å². The van der Waals surface area contributed by atoms with Gasteiger partial charge in [-0.05, 0) is 42.4 Å². The SMILES string of the molecule is CCN1CCN(c2ccc(NC(=O)COC(=O)Cc3cccc(C(F)(F)F)c3)cc2)CC1. The molecule has 0 saturated carbocycles.